The normalized spacial score (nSPS) is 15.3. The van der Waals surface area contributed by atoms with Crippen molar-refractivity contribution in [2.24, 2.45) is 0 Å². The fourth-order valence-corrected chi connectivity index (χ4v) is 3.40. The number of aromatic amines is 1. The molecule has 1 amide bonds. The highest BCUT2D eigenvalue weighted by molar-refractivity contribution is 6.43. The molecule has 0 spiro atoms. The van der Waals surface area contributed by atoms with Gasteiger partial charge in [-0.1, -0.05) is 47.5 Å². The van der Waals surface area contributed by atoms with Crippen molar-refractivity contribution >= 4 is 51.8 Å². The maximum absolute atomic E-state index is 13.2. The molecule has 7 heteroatoms. The highest BCUT2D eigenvalue weighted by atomic mass is 35.5. The number of halogens is 2. The van der Waals surface area contributed by atoms with E-state index in [0.29, 0.717) is 53.3 Å². The Morgan fingerprint density at radius 1 is 1.11 bits per heavy atom. The van der Waals surface area contributed by atoms with Crippen molar-refractivity contribution in [2.75, 3.05) is 26.3 Å². The van der Waals surface area contributed by atoms with Gasteiger partial charge in [-0.25, -0.2) is 4.98 Å². The maximum Gasteiger partial charge on any atom is 0.257 e. The van der Waals surface area contributed by atoms with Gasteiger partial charge in [-0.15, -0.1) is 0 Å². The third kappa shape index (κ3) is 3.72. The topological polar surface area (TPSA) is 58.2 Å². The zero-order chi connectivity index (χ0) is 18.8. The quantitative estimate of drug-likeness (QED) is 0.666. The Hall–Kier alpha value is -2.34. The van der Waals surface area contributed by atoms with Crippen molar-refractivity contribution in [3.63, 3.8) is 0 Å². The molecule has 0 radical (unpaired) electrons. The summed E-state index contributed by atoms with van der Waals surface area (Å²) in [7, 11) is 0. The molecule has 0 bridgehead atoms. The largest absolute Gasteiger partial charge is 0.378 e. The van der Waals surface area contributed by atoms with Crippen molar-refractivity contribution in [1.82, 2.24) is 14.9 Å². The van der Waals surface area contributed by atoms with Gasteiger partial charge in [0.15, 0.2) is 0 Å². The van der Waals surface area contributed by atoms with Crippen LogP contribution >= 0.6 is 23.2 Å². The Morgan fingerprint density at radius 3 is 2.67 bits per heavy atom. The molecule has 27 heavy (non-hydrogen) atoms. The number of morpholine rings is 1. The van der Waals surface area contributed by atoms with Crippen LogP contribution in [0.2, 0.25) is 10.0 Å². The summed E-state index contributed by atoms with van der Waals surface area (Å²) < 4.78 is 5.36. The molecule has 3 aromatic rings. The van der Waals surface area contributed by atoms with Crippen LogP contribution in [-0.2, 0) is 9.53 Å². The Bertz CT molecular complexity index is 990. The molecule has 1 saturated heterocycles. The first-order valence-electron chi connectivity index (χ1n) is 8.61. The molecule has 1 aliphatic heterocycles. The smallest absolute Gasteiger partial charge is 0.257 e. The molecule has 0 unspecified atom stereocenters. The maximum atomic E-state index is 13.2. The van der Waals surface area contributed by atoms with E-state index in [9.17, 15) is 4.79 Å². The minimum absolute atomic E-state index is 0.117. The fraction of sp³-hybridized carbons (Fsp3) is 0.200. The Kier molecular flexibility index (Phi) is 5.16. The van der Waals surface area contributed by atoms with E-state index in [-0.39, 0.29) is 5.91 Å². The number of para-hydroxylation sites is 2. The first-order valence-corrected chi connectivity index (χ1v) is 9.37. The van der Waals surface area contributed by atoms with Gasteiger partial charge in [0, 0.05) is 13.1 Å². The van der Waals surface area contributed by atoms with E-state index < -0.39 is 0 Å². The highest BCUT2D eigenvalue weighted by Gasteiger charge is 2.24. The van der Waals surface area contributed by atoms with E-state index >= 15 is 0 Å². The van der Waals surface area contributed by atoms with Gasteiger partial charge in [0.2, 0.25) is 0 Å². The number of nitrogens with zero attached hydrogens (tertiary/aromatic N) is 2. The summed E-state index contributed by atoms with van der Waals surface area (Å²) in [6, 6.07) is 13.0. The number of carbonyl (C=O) groups is 1. The number of amides is 1. The first-order chi connectivity index (χ1) is 13.1. The van der Waals surface area contributed by atoms with E-state index in [1.165, 1.54) is 0 Å². The molecule has 1 aliphatic rings. The van der Waals surface area contributed by atoms with Crippen LogP contribution < -0.4 is 0 Å². The Labute approximate surface area is 166 Å². The number of H-pyrrole nitrogens is 1. The predicted molar refractivity (Wildman–Crippen MR) is 108 cm³/mol. The molecule has 1 N–H and O–H groups in total. The molecule has 2 aromatic carbocycles. The summed E-state index contributed by atoms with van der Waals surface area (Å²) in [4.78, 5) is 22.8. The van der Waals surface area contributed by atoms with Gasteiger partial charge in [0.25, 0.3) is 5.91 Å². The van der Waals surface area contributed by atoms with Crippen molar-refractivity contribution in [3.8, 4) is 0 Å². The van der Waals surface area contributed by atoms with Crippen LogP contribution in [0.15, 0.2) is 42.5 Å². The molecule has 1 aromatic heterocycles. The number of nitrogens with one attached hydrogen (secondary N) is 1. The van der Waals surface area contributed by atoms with Gasteiger partial charge in [-0.3, -0.25) is 4.79 Å². The molecule has 138 valence electrons. The van der Waals surface area contributed by atoms with E-state index in [1.54, 1.807) is 23.1 Å². The number of rotatable bonds is 3. The lowest BCUT2D eigenvalue weighted by atomic mass is 10.1. The molecule has 0 aliphatic carbocycles. The minimum atomic E-state index is -0.117. The van der Waals surface area contributed by atoms with Gasteiger partial charge in [0.1, 0.15) is 5.82 Å². The lowest BCUT2D eigenvalue weighted by molar-refractivity contribution is -0.128. The second-order valence-electron chi connectivity index (χ2n) is 6.21. The molecule has 5 nitrogen and oxygen atoms in total. The number of imidazole rings is 1. The van der Waals surface area contributed by atoms with Crippen LogP contribution in [0.25, 0.3) is 22.7 Å². The third-order valence-corrected chi connectivity index (χ3v) is 5.29. The number of aromatic nitrogens is 2. The van der Waals surface area contributed by atoms with E-state index in [2.05, 4.69) is 9.97 Å². The summed E-state index contributed by atoms with van der Waals surface area (Å²) >= 11 is 12.5. The van der Waals surface area contributed by atoms with Crippen LogP contribution in [0, 0.1) is 0 Å². The Morgan fingerprint density at radius 2 is 1.89 bits per heavy atom. The van der Waals surface area contributed by atoms with E-state index in [1.807, 2.05) is 30.3 Å². The zero-order valence-corrected chi connectivity index (χ0v) is 15.9. The highest BCUT2D eigenvalue weighted by Crippen LogP contribution is 2.30. The van der Waals surface area contributed by atoms with E-state index in [4.69, 9.17) is 27.9 Å². The number of benzene rings is 2. The lowest BCUT2D eigenvalue weighted by Crippen LogP contribution is -2.41. The summed E-state index contributed by atoms with van der Waals surface area (Å²) in [6.07, 6.45) is 1.74. The van der Waals surface area contributed by atoms with Crippen molar-refractivity contribution < 1.29 is 9.53 Å². The first kappa shape index (κ1) is 18.0. The van der Waals surface area contributed by atoms with Crippen LogP contribution in [0.4, 0.5) is 0 Å². The number of ether oxygens (including phenoxy) is 1. The number of hydrogen-bond acceptors (Lipinski definition) is 3. The number of fused-ring (bicyclic) bond motifs is 1. The van der Waals surface area contributed by atoms with E-state index in [0.717, 1.165) is 11.0 Å². The number of hydrogen-bond donors (Lipinski definition) is 1. The summed E-state index contributed by atoms with van der Waals surface area (Å²) in [5.41, 5.74) is 2.77. The van der Waals surface area contributed by atoms with Gasteiger partial charge < -0.3 is 14.6 Å². The van der Waals surface area contributed by atoms with Gasteiger partial charge in [-0.2, -0.15) is 0 Å². The van der Waals surface area contributed by atoms with Crippen molar-refractivity contribution in [1.29, 1.82) is 0 Å². The SMILES string of the molecule is O=C(C(=Cc1cccc(Cl)c1Cl)c1nc2ccccc2[nH]1)N1CCOCC1. The fourth-order valence-electron chi connectivity index (χ4n) is 3.04. The molecule has 4 rings (SSSR count). The average Bonchev–Trinajstić information content (AvgIpc) is 3.13. The zero-order valence-electron chi connectivity index (χ0n) is 14.4. The summed E-state index contributed by atoms with van der Waals surface area (Å²) in [5, 5.41) is 0.843. The van der Waals surface area contributed by atoms with Crippen LogP contribution in [0.3, 0.4) is 0 Å². The standard InChI is InChI=1S/C20H17Cl2N3O2/c21-15-5-3-4-13(18(15)22)12-14(20(26)25-8-10-27-11-9-25)19-23-16-6-1-2-7-17(16)24-19/h1-7,12H,8-11H2,(H,23,24). The molecule has 0 atom stereocenters. The van der Waals surface area contributed by atoms with Crippen molar-refractivity contribution in [3.05, 3.63) is 63.9 Å². The van der Waals surface area contributed by atoms with Gasteiger partial charge in [-0.05, 0) is 29.8 Å². The summed E-state index contributed by atoms with van der Waals surface area (Å²) in [6.45, 7) is 2.13. The van der Waals surface area contributed by atoms with Crippen LogP contribution in [0.1, 0.15) is 11.4 Å². The minimum Gasteiger partial charge on any atom is -0.378 e. The predicted octanol–water partition coefficient (Wildman–Crippen LogP) is 4.27. The van der Waals surface area contributed by atoms with Crippen LogP contribution in [0.5, 0.6) is 0 Å². The molecule has 2 heterocycles. The van der Waals surface area contributed by atoms with Crippen LogP contribution in [-0.4, -0.2) is 47.1 Å². The average molecular weight is 402 g/mol. The molecular weight excluding hydrogens is 385 g/mol. The second kappa shape index (κ2) is 7.72. The van der Waals surface area contributed by atoms with Crippen molar-refractivity contribution in [2.45, 2.75) is 0 Å². The molecule has 1 fully saturated rings. The lowest BCUT2D eigenvalue weighted by Gasteiger charge is -2.27. The number of carbonyl (C=O) groups excluding carboxylic acids is 1. The monoisotopic (exact) mass is 401 g/mol. The Balaban J connectivity index is 1.82. The van der Waals surface area contributed by atoms with Gasteiger partial charge >= 0.3 is 0 Å². The van der Waals surface area contributed by atoms with Gasteiger partial charge in [0.05, 0.1) is 39.9 Å². The molecular formula is C20H17Cl2N3O2. The second-order valence-corrected chi connectivity index (χ2v) is 6.99. The molecule has 0 saturated carbocycles. The summed E-state index contributed by atoms with van der Waals surface area (Å²) in [5.74, 6) is 0.386. The third-order valence-electron chi connectivity index (χ3n) is 4.45.